The minimum absolute atomic E-state index is 0.0357. The lowest BCUT2D eigenvalue weighted by molar-refractivity contribution is -0.115. The number of carbonyl (C=O) groups excluding carboxylic acids is 1. The van der Waals surface area contributed by atoms with Gasteiger partial charge in [-0.1, -0.05) is 17.8 Å². The van der Waals surface area contributed by atoms with Crippen LogP contribution in [0.1, 0.15) is 5.56 Å². The summed E-state index contributed by atoms with van der Waals surface area (Å²) < 4.78 is 0. The lowest BCUT2D eigenvalue weighted by Gasteiger charge is -2.19. The van der Waals surface area contributed by atoms with E-state index in [-0.39, 0.29) is 12.3 Å². The lowest BCUT2D eigenvalue weighted by Crippen LogP contribution is -2.36. The summed E-state index contributed by atoms with van der Waals surface area (Å²) in [7, 11) is 0. The summed E-state index contributed by atoms with van der Waals surface area (Å²) in [5.74, 6) is 6.12. The number of aromatic nitrogens is 2. The van der Waals surface area contributed by atoms with E-state index in [1.807, 2.05) is 18.2 Å². The topological polar surface area (TPSA) is 108 Å². The maximum Gasteiger partial charge on any atom is 0.229 e. The van der Waals surface area contributed by atoms with Crippen molar-refractivity contribution in [3.63, 3.8) is 0 Å². The summed E-state index contributed by atoms with van der Waals surface area (Å²) >= 11 is 1.54. The Morgan fingerprint density at radius 2 is 2.24 bits per heavy atom. The molecule has 1 aliphatic rings. The molecule has 1 amide bonds. The minimum Gasteiger partial charge on any atom is -0.337 e. The third-order valence-corrected chi connectivity index (χ3v) is 4.03. The SMILES string of the molecule is N=C(Cc1ccc2c(c1)Nc1nccnc1S2)N(N)C=O. The molecule has 1 aromatic heterocycles. The van der Waals surface area contributed by atoms with E-state index in [2.05, 4.69) is 15.3 Å². The van der Waals surface area contributed by atoms with E-state index in [9.17, 15) is 4.79 Å². The molecule has 1 aromatic carbocycles. The Morgan fingerprint density at radius 3 is 3.05 bits per heavy atom. The predicted molar refractivity (Wildman–Crippen MR) is 79.4 cm³/mol. The van der Waals surface area contributed by atoms with Crippen molar-refractivity contribution in [3.05, 3.63) is 36.2 Å². The summed E-state index contributed by atoms with van der Waals surface area (Å²) in [5, 5.41) is 12.5. The van der Waals surface area contributed by atoms with Crippen molar-refractivity contribution >= 4 is 35.5 Å². The molecule has 4 N–H and O–H groups in total. The molecule has 3 rings (SSSR count). The molecule has 0 fully saturated rings. The molecule has 8 heteroatoms. The summed E-state index contributed by atoms with van der Waals surface area (Å²) in [6.07, 6.45) is 3.99. The Labute approximate surface area is 125 Å². The van der Waals surface area contributed by atoms with Crippen LogP contribution in [0.5, 0.6) is 0 Å². The van der Waals surface area contributed by atoms with Gasteiger partial charge in [0, 0.05) is 23.7 Å². The van der Waals surface area contributed by atoms with Crippen LogP contribution < -0.4 is 11.2 Å². The highest BCUT2D eigenvalue weighted by Gasteiger charge is 2.18. The zero-order valence-electron chi connectivity index (χ0n) is 10.9. The number of hydrazine groups is 1. The molecule has 0 saturated heterocycles. The van der Waals surface area contributed by atoms with Crippen LogP contribution in [0.4, 0.5) is 11.5 Å². The van der Waals surface area contributed by atoms with Crippen LogP contribution in [0.25, 0.3) is 0 Å². The van der Waals surface area contributed by atoms with Crippen LogP contribution in [-0.4, -0.2) is 27.2 Å². The number of amides is 1. The molecule has 0 saturated carbocycles. The normalized spacial score (nSPS) is 11.9. The monoisotopic (exact) mass is 300 g/mol. The number of carbonyl (C=O) groups is 1. The number of fused-ring (bicyclic) bond motifs is 2. The largest absolute Gasteiger partial charge is 0.337 e. The van der Waals surface area contributed by atoms with Gasteiger partial charge >= 0.3 is 0 Å². The fourth-order valence-corrected chi connectivity index (χ4v) is 2.82. The first-order valence-electron chi connectivity index (χ1n) is 6.13. The van der Waals surface area contributed by atoms with E-state index < -0.39 is 0 Å². The van der Waals surface area contributed by atoms with E-state index >= 15 is 0 Å². The van der Waals surface area contributed by atoms with E-state index in [4.69, 9.17) is 11.3 Å². The highest BCUT2D eigenvalue weighted by molar-refractivity contribution is 7.99. The second kappa shape index (κ2) is 5.51. The van der Waals surface area contributed by atoms with Crippen LogP contribution >= 0.6 is 11.8 Å². The Hall–Kier alpha value is -2.45. The van der Waals surface area contributed by atoms with Crippen molar-refractivity contribution in [1.82, 2.24) is 15.0 Å². The van der Waals surface area contributed by atoms with Gasteiger partial charge in [-0.25, -0.2) is 20.8 Å². The highest BCUT2D eigenvalue weighted by Crippen LogP contribution is 2.41. The Kier molecular flexibility index (Phi) is 3.55. The Morgan fingerprint density at radius 1 is 1.43 bits per heavy atom. The number of anilines is 2. The number of hydrogen-bond donors (Lipinski definition) is 3. The van der Waals surface area contributed by atoms with E-state index in [1.54, 1.807) is 12.4 Å². The maximum absolute atomic E-state index is 10.5. The number of benzene rings is 1. The summed E-state index contributed by atoms with van der Waals surface area (Å²) in [6.45, 7) is 0. The molecule has 7 nitrogen and oxygen atoms in total. The number of nitrogens with zero attached hydrogens (tertiary/aromatic N) is 3. The summed E-state index contributed by atoms with van der Waals surface area (Å²) in [5.41, 5.74) is 1.80. The molecule has 0 atom stereocenters. The fraction of sp³-hybridized carbons (Fsp3) is 0.0769. The first-order chi connectivity index (χ1) is 10.2. The molecule has 0 bridgehead atoms. The van der Waals surface area contributed by atoms with Crippen LogP contribution in [0.15, 0.2) is 40.5 Å². The molecule has 0 aliphatic carbocycles. The van der Waals surface area contributed by atoms with Crippen molar-refractivity contribution in [1.29, 1.82) is 5.41 Å². The van der Waals surface area contributed by atoms with Gasteiger partial charge in [0.05, 0.1) is 5.69 Å². The van der Waals surface area contributed by atoms with Gasteiger partial charge in [0.25, 0.3) is 0 Å². The first kappa shape index (κ1) is 13.5. The van der Waals surface area contributed by atoms with Gasteiger partial charge in [-0.05, 0) is 17.7 Å². The third-order valence-electron chi connectivity index (χ3n) is 2.97. The molecular weight excluding hydrogens is 288 g/mol. The number of nitrogens with one attached hydrogen (secondary N) is 2. The van der Waals surface area contributed by atoms with Crippen LogP contribution in [-0.2, 0) is 11.2 Å². The number of hydrogen-bond acceptors (Lipinski definition) is 7. The van der Waals surface area contributed by atoms with Gasteiger partial charge in [0.2, 0.25) is 6.41 Å². The maximum atomic E-state index is 10.5. The van der Waals surface area contributed by atoms with Gasteiger partial charge < -0.3 is 5.32 Å². The molecule has 2 aromatic rings. The molecule has 0 radical (unpaired) electrons. The molecule has 0 spiro atoms. The van der Waals surface area contributed by atoms with Crippen molar-refractivity contribution < 1.29 is 4.79 Å². The second-order valence-electron chi connectivity index (χ2n) is 4.40. The Bertz CT molecular complexity index is 720. The predicted octanol–water partition coefficient (Wildman–Crippen LogP) is 1.54. The number of amidine groups is 1. The van der Waals surface area contributed by atoms with Crippen LogP contribution in [0.2, 0.25) is 0 Å². The zero-order chi connectivity index (χ0) is 14.8. The molecule has 106 valence electrons. The van der Waals surface area contributed by atoms with Gasteiger partial charge in [-0.2, -0.15) is 0 Å². The summed E-state index contributed by atoms with van der Waals surface area (Å²) in [4.78, 5) is 20.1. The lowest BCUT2D eigenvalue weighted by atomic mass is 10.1. The number of rotatable bonds is 3. The highest BCUT2D eigenvalue weighted by atomic mass is 32.2. The number of nitrogens with two attached hydrogens (primary N) is 1. The van der Waals surface area contributed by atoms with Crippen molar-refractivity contribution in [2.24, 2.45) is 5.84 Å². The van der Waals surface area contributed by atoms with Gasteiger partial charge in [0.1, 0.15) is 10.9 Å². The average molecular weight is 300 g/mol. The smallest absolute Gasteiger partial charge is 0.229 e. The first-order valence-corrected chi connectivity index (χ1v) is 6.94. The molecular formula is C13H12N6OS. The van der Waals surface area contributed by atoms with Crippen LogP contribution in [0.3, 0.4) is 0 Å². The Balaban J connectivity index is 1.83. The minimum atomic E-state index is 0.0357. The van der Waals surface area contributed by atoms with E-state index in [0.29, 0.717) is 6.41 Å². The summed E-state index contributed by atoms with van der Waals surface area (Å²) in [6, 6.07) is 5.78. The van der Waals surface area contributed by atoms with Crippen molar-refractivity contribution in [2.75, 3.05) is 5.32 Å². The molecule has 21 heavy (non-hydrogen) atoms. The van der Waals surface area contributed by atoms with E-state index in [0.717, 1.165) is 32.0 Å². The molecule has 0 unspecified atom stereocenters. The van der Waals surface area contributed by atoms with Crippen molar-refractivity contribution in [3.8, 4) is 0 Å². The van der Waals surface area contributed by atoms with E-state index in [1.165, 1.54) is 11.8 Å². The zero-order valence-corrected chi connectivity index (χ0v) is 11.7. The van der Waals surface area contributed by atoms with Crippen molar-refractivity contribution in [2.45, 2.75) is 16.3 Å². The standard InChI is InChI=1S/C13H12N6OS/c14-11(19(15)7-20)6-8-1-2-10-9(5-8)18-12-13(21-10)17-4-3-16-12/h1-5,7,14H,6,15H2,(H,16,18). The quantitative estimate of drug-likeness (QED) is 0.169. The molecule has 1 aliphatic heterocycles. The van der Waals surface area contributed by atoms with Gasteiger partial charge in [-0.15, -0.1) is 0 Å². The van der Waals surface area contributed by atoms with Gasteiger partial charge in [0.15, 0.2) is 5.82 Å². The molecule has 2 heterocycles. The third kappa shape index (κ3) is 2.71. The fourth-order valence-electron chi connectivity index (χ4n) is 1.94. The second-order valence-corrected chi connectivity index (χ2v) is 5.43. The van der Waals surface area contributed by atoms with Gasteiger partial charge in [-0.3, -0.25) is 10.2 Å². The van der Waals surface area contributed by atoms with Crippen LogP contribution in [0, 0.1) is 5.41 Å². The average Bonchev–Trinajstić information content (AvgIpc) is 2.52.